The molecule has 6 aliphatic rings. The van der Waals surface area contributed by atoms with Crippen molar-refractivity contribution < 1.29 is 29.2 Å². The van der Waals surface area contributed by atoms with Gasteiger partial charge in [0.05, 0.1) is 43.9 Å². The van der Waals surface area contributed by atoms with E-state index in [1.165, 1.54) is 22.3 Å². The summed E-state index contributed by atoms with van der Waals surface area (Å²) in [5.41, 5.74) is 4.55. The van der Waals surface area contributed by atoms with Crippen molar-refractivity contribution in [2.45, 2.75) is 74.0 Å². The molecule has 216 valence electrons. The zero-order chi connectivity index (χ0) is 27.9. The number of aliphatic hydroxyl groups is 2. The minimum atomic E-state index is -0.483. The van der Waals surface area contributed by atoms with E-state index >= 15 is 0 Å². The Morgan fingerprint density at radius 3 is 1.66 bits per heavy atom. The Labute approximate surface area is 240 Å². The number of hydrogen-bond acceptors (Lipinski definition) is 8. The van der Waals surface area contributed by atoms with E-state index < -0.39 is 12.2 Å². The summed E-state index contributed by atoms with van der Waals surface area (Å²) in [5, 5.41) is 20.9. The number of ether oxygens (including phenoxy) is 4. The molecule has 2 aromatic rings. The van der Waals surface area contributed by atoms with Gasteiger partial charge < -0.3 is 29.2 Å². The van der Waals surface area contributed by atoms with E-state index in [2.05, 4.69) is 34.1 Å². The van der Waals surface area contributed by atoms with Crippen molar-refractivity contribution in [1.29, 1.82) is 0 Å². The molecular weight excluding hydrogens is 520 g/mol. The van der Waals surface area contributed by atoms with E-state index in [1.807, 2.05) is 24.3 Å². The van der Waals surface area contributed by atoms with Crippen molar-refractivity contribution in [3.05, 3.63) is 70.8 Å². The van der Waals surface area contributed by atoms with Crippen LogP contribution in [-0.2, 0) is 23.9 Å². The molecule has 0 amide bonds. The summed E-state index contributed by atoms with van der Waals surface area (Å²) in [5.74, 6) is 3.24. The van der Waals surface area contributed by atoms with Crippen molar-refractivity contribution in [3.63, 3.8) is 0 Å². The van der Waals surface area contributed by atoms with Gasteiger partial charge >= 0.3 is 0 Å². The van der Waals surface area contributed by atoms with Crippen LogP contribution >= 0.6 is 0 Å². The number of nitrogens with zero attached hydrogens (tertiary/aromatic N) is 2. The van der Waals surface area contributed by atoms with E-state index in [4.69, 9.17) is 18.9 Å². The molecular formula is C33H38N2O6. The van der Waals surface area contributed by atoms with Crippen molar-refractivity contribution in [2.24, 2.45) is 0 Å². The highest BCUT2D eigenvalue weighted by Gasteiger charge is 2.54. The first-order valence-electron chi connectivity index (χ1n) is 14.9. The first-order chi connectivity index (χ1) is 19.9. The maximum atomic E-state index is 10.4. The third-order valence-electron chi connectivity index (χ3n) is 10.5. The van der Waals surface area contributed by atoms with Crippen LogP contribution in [0.3, 0.4) is 0 Å². The molecule has 4 heterocycles. The van der Waals surface area contributed by atoms with Crippen molar-refractivity contribution in [1.82, 2.24) is 9.80 Å². The van der Waals surface area contributed by atoms with Crippen LogP contribution in [-0.4, -0.2) is 78.4 Å². The lowest BCUT2D eigenvalue weighted by Crippen LogP contribution is -2.44. The second-order valence-corrected chi connectivity index (χ2v) is 12.6. The molecule has 0 bridgehead atoms. The van der Waals surface area contributed by atoms with Crippen LogP contribution < -0.4 is 18.9 Å². The fraction of sp³-hybridized carbons (Fsp3) is 0.515. The van der Waals surface area contributed by atoms with Crippen molar-refractivity contribution in [3.8, 4) is 23.0 Å². The number of rotatable bonds is 4. The molecule has 8 nitrogen and oxygen atoms in total. The molecule has 0 fully saturated rings. The van der Waals surface area contributed by atoms with E-state index in [-0.39, 0.29) is 23.0 Å². The summed E-state index contributed by atoms with van der Waals surface area (Å²) >= 11 is 0. The highest BCUT2D eigenvalue weighted by Crippen LogP contribution is 2.57. The molecule has 0 saturated heterocycles. The highest BCUT2D eigenvalue weighted by atomic mass is 16.5. The standard InChI is InChI=1S/C33H38N2O6/c1-38-24-5-3-20-17-34(13-11-32-9-7-22(36)15-26(32)40-30(24)28(20)32)19-35-14-12-33-10-8-23(37)16-27(33)41-31-25(39-2)6-4-21(18-35)29(31)33/h3-10,22-23,26-27,36-37H,11-19H2,1-2H3/t22-,23-,26-,27-,32-,33-/m0/s1. The lowest BCUT2D eigenvalue weighted by atomic mass is 9.69. The van der Waals surface area contributed by atoms with Gasteiger partial charge in [-0.15, -0.1) is 0 Å². The zero-order valence-corrected chi connectivity index (χ0v) is 23.7. The van der Waals surface area contributed by atoms with Crippen LogP contribution in [0.15, 0.2) is 48.6 Å². The van der Waals surface area contributed by atoms with Crippen LogP contribution in [0.2, 0.25) is 0 Å². The lowest BCUT2D eigenvalue weighted by molar-refractivity contribution is 0.0658. The molecule has 2 aliphatic carbocycles. The van der Waals surface area contributed by atoms with Gasteiger partial charge in [-0.05, 0) is 36.1 Å². The molecule has 2 spiro atoms. The number of aliphatic hydroxyl groups excluding tert-OH is 2. The van der Waals surface area contributed by atoms with Crippen LogP contribution in [0, 0.1) is 0 Å². The summed E-state index contributed by atoms with van der Waals surface area (Å²) in [6, 6.07) is 8.46. The van der Waals surface area contributed by atoms with E-state index in [0.29, 0.717) is 12.8 Å². The van der Waals surface area contributed by atoms with Crippen LogP contribution in [0.1, 0.15) is 47.9 Å². The van der Waals surface area contributed by atoms with Gasteiger partial charge in [0.15, 0.2) is 23.0 Å². The van der Waals surface area contributed by atoms with E-state index in [1.54, 1.807) is 14.2 Å². The maximum absolute atomic E-state index is 10.4. The average molecular weight is 559 g/mol. The topological polar surface area (TPSA) is 83.9 Å². The fourth-order valence-electron chi connectivity index (χ4n) is 8.51. The quantitative estimate of drug-likeness (QED) is 0.553. The Bertz CT molecular complexity index is 1350. The summed E-state index contributed by atoms with van der Waals surface area (Å²) in [6.07, 6.45) is 10.2. The summed E-state index contributed by atoms with van der Waals surface area (Å²) in [7, 11) is 3.39. The second kappa shape index (κ2) is 9.23. The summed E-state index contributed by atoms with van der Waals surface area (Å²) in [6.45, 7) is 4.37. The Hall–Kier alpha value is -3.04. The Morgan fingerprint density at radius 1 is 0.756 bits per heavy atom. The third kappa shape index (κ3) is 3.67. The minimum absolute atomic E-state index is 0.0888. The first kappa shape index (κ1) is 25.7. The number of benzene rings is 2. The van der Waals surface area contributed by atoms with Gasteiger partial charge in [0.2, 0.25) is 0 Å². The molecule has 6 atom stereocenters. The van der Waals surface area contributed by atoms with Crippen molar-refractivity contribution >= 4 is 0 Å². The first-order valence-corrected chi connectivity index (χ1v) is 14.9. The van der Waals surface area contributed by atoms with Gasteiger partial charge in [0.1, 0.15) is 12.2 Å². The molecule has 0 saturated carbocycles. The van der Waals surface area contributed by atoms with E-state index in [9.17, 15) is 10.2 Å². The van der Waals surface area contributed by atoms with Gasteiger partial charge in [-0.2, -0.15) is 0 Å². The van der Waals surface area contributed by atoms with Gasteiger partial charge in [0.25, 0.3) is 0 Å². The maximum Gasteiger partial charge on any atom is 0.166 e. The molecule has 41 heavy (non-hydrogen) atoms. The second-order valence-electron chi connectivity index (χ2n) is 12.6. The zero-order valence-electron chi connectivity index (χ0n) is 23.7. The molecule has 0 unspecified atom stereocenters. The van der Waals surface area contributed by atoms with Crippen LogP contribution in [0.4, 0.5) is 0 Å². The predicted octanol–water partition coefficient (Wildman–Crippen LogP) is 3.41. The Morgan fingerprint density at radius 2 is 1.22 bits per heavy atom. The molecule has 8 heteroatoms. The van der Waals surface area contributed by atoms with E-state index in [0.717, 1.165) is 68.7 Å². The summed E-state index contributed by atoms with van der Waals surface area (Å²) in [4.78, 5) is 5.13. The fourth-order valence-corrected chi connectivity index (χ4v) is 8.51. The summed E-state index contributed by atoms with van der Waals surface area (Å²) < 4.78 is 24.4. The monoisotopic (exact) mass is 558 g/mol. The molecule has 0 aromatic heterocycles. The molecule has 4 aliphatic heterocycles. The lowest BCUT2D eigenvalue weighted by Gasteiger charge is -2.37. The van der Waals surface area contributed by atoms with Gasteiger partial charge in [-0.3, -0.25) is 9.80 Å². The van der Waals surface area contributed by atoms with Gasteiger partial charge in [-0.1, -0.05) is 36.4 Å². The molecule has 2 aromatic carbocycles. The van der Waals surface area contributed by atoms with Crippen molar-refractivity contribution in [2.75, 3.05) is 34.0 Å². The minimum Gasteiger partial charge on any atom is -0.493 e. The highest BCUT2D eigenvalue weighted by molar-refractivity contribution is 5.62. The SMILES string of the molecule is COc1ccc2c3c1O[C@H]1C[C@@H](O)C=C[C@@]31CCN(CN1CC[C@@]34C=C[C@H](O)C[C@@H]3Oc3c(OC)ccc(c34)C1)C2. The smallest absolute Gasteiger partial charge is 0.166 e. The van der Waals surface area contributed by atoms with Crippen LogP contribution in [0.5, 0.6) is 23.0 Å². The van der Waals surface area contributed by atoms with Gasteiger partial charge in [-0.25, -0.2) is 0 Å². The molecule has 0 radical (unpaired) electrons. The average Bonchev–Trinajstić information content (AvgIpc) is 3.36. The molecule has 8 rings (SSSR count). The number of hydrogen-bond donors (Lipinski definition) is 2. The normalized spacial score (nSPS) is 34.8. The van der Waals surface area contributed by atoms with Crippen LogP contribution in [0.25, 0.3) is 0 Å². The molecule has 2 N–H and O–H groups in total. The third-order valence-corrected chi connectivity index (χ3v) is 10.5. The Balaban J connectivity index is 1.12. The Kier molecular flexibility index (Phi) is 5.77. The van der Waals surface area contributed by atoms with Gasteiger partial charge in [0, 0.05) is 50.1 Å². The predicted molar refractivity (Wildman–Crippen MR) is 153 cm³/mol. The number of methoxy groups -OCH3 is 2. The largest absolute Gasteiger partial charge is 0.493 e.